The average molecular weight is 422 g/mol. The molecule has 0 aliphatic heterocycles. The molecule has 0 atom stereocenters. The van der Waals surface area contributed by atoms with Crippen molar-refractivity contribution in [2.24, 2.45) is 7.05 Å². The monoisotopic (exact) mass is 421 g/mol. The summed E-state index contributed by atoms with van der Waals surface area (Å²) in [5.74, 6) is 0.803. The Bertz CT molecular complexity index is 947. The molecule has 2 N–H and O–H groups in total. The summed E-state index contributed by atoms with van der Waals surface area (Å²) in [6.45, 7) is 0.496. The van der Waals surface area contributed by atoms with E-state index in [4.69, 9.17) is 23.2 Å². The SMILES string of the molecule is Cn1c(CNc2cccc(Cl)c2)nnc1SCC(=O)Nc1ccccc1Cl. The molecule has 2 aromatic carbocycles. The number of nitrogens with one attached hydrogen (secondary N) is 2. The molecule has 27 heavy (non-hydrogen) atoms. The molecule has 1 amide bonds. The molecule has 140 valence electrons. The summed E-state index contributed by atoms with van der Waals surface area (Å²) in [7, 11) is 1.86. The fourth-order valence-electron chi connectivity index (χ4n) is 2.28. The van der Waals surface area contributed by atoms with Gasteiger partial charge in [0, 0.05) is 17.8 Å². The first kappa shape index (κ1) is 19.5. The number of carbonyl (C=O) groups excluding carboxylic acids is 1. The van der Waals surface area contributed by atoms with Crippen molar-refractivity contribution in [3.8, 4) is 0 Å². The van der Waals surface area contributed by atoms with E-state index in [1.54, 1.807) is 12.1 Å². The van der Waals surface area contributed by atoms with Gasteiger partial charge in [-0.2, -0.15) is 0 Å². The van der Waals surface area contributed by atoms with Crippen LogP contribution in [0.5, 0.6) is 0 Å². The lowest BCUT2D eigenvalue weighted by Crippen LogP contribution is -2.15. The highest BCUT2D eigenvalue weighted by molar-refractivity contribution is 7.99. The number of carbonyl (C=O) groups is 1. The van der Waals surface area contributed by atoms with Crippen LogP contribution in [0.2, 0.25) is 10.0 Å². The van der Waals surface area contributed by atoms with Crippen LogP contribution in [0.1, 0.15) is 5.82 Å². The zero-order valence-electron chi connectivity index (χ0n) is 14.4. The summed E-state index contributed by atoms with van der Waals surface area (Å²) >= 11 is 13.3. The predicted molar refractivity (Wildman–Crippen MR) is 111 cm³/mol. The summed E-state index contributed by atoms with van der Waals surface area (Å²) in [6, 6.07) is 14.6. The highest BCUT2D eigenvalue weighted by Crippen LogP contribution is 2.22. The Morgan fingerprint density at radius 3 is 2.74 bits per heavy atom. The van der Waals surface area contributed by atoms with Gasteiger partial charge in [0.05, 0.1) is 23.0 Å². The number of hydrogen-bond donors (Lipinski definition) is 2. The standard InChI is InChI=1S/C18H17Cl2N5OS/c1-25-16(10-21-13-6-4-5-12(19)9-13)23-24-18(25)27-11-17(26)22-15-8-3-2-7-14(15)20/h2-9,21H,10-11H2,1H3,(H,22,26). The number of aromatic nitrogens is 3. The van der Waals surface area contributed by atoms with Gasteiger partial charge in [0.25, 0.3) is 0 Å². The molecule has 3 rings (SSSR count). The van der Waals surface area contributed by atoms with Gasteiger partial charge in [-0.1, -0.05) is 53.2 Å². The number of anilines is 2. The van der Waals surface area contributed by atoms with Crippen molar-refractivity contribution in [2.75, 3.05) is 16.4 Å². The number of benzene rings is 2. The minimum Gasteiger partial charge on any atom is -0.378 e. The summed E-state index contributed by atoms with van der Waals surface area (Å²) in [5, 5.41) is 16.2. The van der Waals surface area contributed by atoms with Gasteiger partial charge < -0.3 is 15.2 Å². The third kappa shape index (κ3) is 5.38. The maximum Gasteiger partial charge on any atom is 0.234 e. The Balaban J connectivity index is 1.54. The van der Waals surface area contributed by atoms with Crippen LogP contribution in [0, 0.1) is 0 Å². The van der Waals surface area contributed by atoms with Gasteiger partial charge in [0.15, 0.2) is 11.0 Å². The largest absolute Gasteiger partial charge is 0.378 e. The van der Waals surface area contributed by atoms with Gasteiger partial charge >= 0.3 is 0 Å². The number of thioether (sulfide) groups is 1. The maximum absolute atomic E-state index is 12.1. The van der Waals surface area contributed by atoms with E-state index in [0.29, 0.717) is 27.4 Å². The molecule has 0 unspecified atom stereocenters. The molecule has 3 aromatic rings. The summed E-state index contributed by atoms with van der Waals surface area (Å²) < 4.78 is 1.85. The smallest absolute Gasteiger partial charge is 0.234 e. The van der Waals surface area contributed by atoms with Crippen molar-refractivity contribution in [1.29, 1.82) is 0 Å². The second-order valence-corrected chi connectivity index (χ2v) is 7.42. The van der Waals surface area contributed by atoms with Crippen LogP contribution >= 0.6 is 35.0 Å². The first-order valence-electron chi connectivity index (χ1n) is 8.08. The van der Waals surface area contributed by atoms with Crippen LogP contribution in [0.15, 0.2) is 53.7 Å². The highest BCUT2D eigenvalue weighted by Gasteiger charge is 2.12. The average Bonchev–Trinajstić information content (AvgIpc) is 3.00. The first-order chi connectivity index (χ1) is 13.0. The molecule has 0 spiro atoms. The van der Waals surface area contributed by atoms with Crippen LogP contribution in [-0.2, 0) is 18.4 Å². The van der Waals surface area contributed by atoms with E-state index in [2.05, 4.69) is 20.8 Å². The molecule has 0 aliphatic carbocycles. The van der Waals surface area contributed by atoms with E-state index in [1.165, 1.54) is 11.8 Å². The fraction of sp³-hybridized carbons (Fsp3) is 0.167. The van der Waals surface area contributed by atoms with Crippen LogP contribution < -0.4 is 10.6 Å². The minimum absolute atomic E-state index is 0.158. The van der Waals surface area contributed by atoms with Crippen molar-refractivity contribution in [3.05, 3.63) is 64.4 Å². The Morgan fingerprint density at radius 2 is 1.96 bits per heavy atom. The number of para-hydroxylation sites is 1. The van der Waals surface area contributed by atoms with Gasteiger partial charge in [-0.05, 0) is 30.3 Å². The van der Waals surface area contributed by atoms with Crippen LogP contribution in [0.25, 0.3) is 0 Å². The van der Waals surface area contributed by atoms with E-state index >= 15 is 0 Å². The quantitative estimate of drug-likeness (QED) is 0.550. The number of rotatable bonds is 7. The lowest BCUT2D eigenvalue weighted by Gasteiger charge is -2.08. The molecule has 0 radical (unpaired) electrons. The fourth-order valence-corrected chi connectivity index (χ4v) is 3.39. The van der Waals surface area contributed by atoms with Gasteiger partial charge in [-0.15, -0.1) is 10.2 Å². The Labute approximate surface area is 171 Å². The molecule has 1 aromatic heterocycles. The second-order valence-electron chi connectivity index (χ2n) is 5.64. The summed E-state index contributed by atoms with van der Waals surface area (Å²) in [6.07, 6.45) is 0. The van der Waals surface area contributed by atoms with E-state index in [9.17, 15) is 4.79 Å². The third-order valence-corrected chi connectivity index (χ3v) is 5.27. The van der Waals surface area contributed by atoms with Crippen molar-refractivity contribution < 1.29 is 4.79 Å². The van der Waals surface area contributed by atoms with Gasteiger partial charge in [-0.25, -0.2) is 0 Å². The topological polar surface area (TPSA) is 71.8 Å². The minimum atomic E-state index is -0.158. The lowest BCUT2D eigenvalue weighted by molar-refractivity contribution is -0.113. The molecule has 0 bridgehead atoms. The predicted octanol–water partition coefficient (Wildman–Crippen LogP) is 4.46. The summed E-state index contributed by atoms with van der Waals surface area (Å²) in [5.41, 5.74) is 1.49. The van der Waals surface area contributed by atoms with E-state index in [1.807, 2.05) is 48.0 Å². The molecule has 0 saturated heterocycles. The van der Waals surface area contributed by atoms with Crippen LogP contribution in [0.4, 0.5) is 11.4 Å². The maximum atomic E-state index is 12.1. The number of nitrogens with zero attached hydrogens (tertiary/aromatic N) is 3. The van der Waals surface area contributed by atoms with Crippen LogP contribution in [-0.4, -0.2) is 26.4 Å². The Kier molecular flexibility index (Phi) is 6.60. The first-order valence-corrected chi connectivity index (χ1v) is 9.82. The Hall–Kier alpha value is -2.22. The number of halogens is 2. The number of hydrogen-bond acceptors (Lipinski definition) is 5. The van der Waals surface area contributed by atoms with Crippen LogP contribution in [0.3, 0.4) is 0 Å². The molecular weight excluding hydrogens is 405 g/mol. The van der Waals surface area contributed by atoms with Gasteiger partial charge in [0.1, 0.15) is 0 Å². The number of amides is 1. The zero-order valence-corrected chi connectivity index (χ0v) is 16.8. The van der Waals surface area contributed by atoms with Gasteiger partial charge in [0.2, 0.25) is 5.91 Å². The molecule has 0 saturated carbocycles. The molecule has 0 fully saturated rings. The van der Waals surface area contributed by atoms with E-state index in [0.717, 1.165) is 11.5 Å². The van der Waals surface area contributed by atoms with E-state index in [-0.39, 0.29) is 11.7 Å². The summed E-state index contributed by atoms with van der Waals surface area (Å²) in [4.78, 5) is 12.1. The third-order valence-electron chi connectivity index (χ3n) is 3.68. The molecular formula is C18H17Cl2N5OS. The van der Waals surface area contributed by atoms with Crippen molar-refractivity contribution in [2.45, 2.75) is 11.7 Å². The lowest BCUT2D eigenvalue weighted by atomic mass is 10.3. The normalized spacial score (nSPS) is 10.6. The van der Waals surface area contributed by atoms with Crippen molar-refractivity contribution in [3.63, 3.8) is 0 Å². The molecule has 9 heteroatoms. The highest BCUT2D eigenvalue weighted by atomic mass is 35.5. The van der Waals surface area contributed by atoms with Gasteiger partial charge in [-0.3, -0.25) is 4.79 Å². The zero-order chi connectivity index (χ0) is 19.2. The molecule has 0 aliphatic rings. The second kappa shape index (κ2) is 9.12. The van der Waals surface area contributed by atoms with Crippen molar-refractivity contribution >= 4 is 52.2 Å². The molecule has 6 nitrogen and oxygen atoms in total. The van der Waals surface area contributed by atoms with Crippen molar-refractivity contribution in [1.82, 2.24) is 14.8 Å². The Morgan fingerprint density at radius 1 is 1.15 bits per heavy atom. The van der Waals surface area contributed by atoms with E-state index < -0.39 is 0 Å². The molecule has 1 heterocycles.